The summed E-state index contributed by atoms with van der Waals surface area (Å²) in [5.74, 6) is 0.922. The standard InChI is InChI=1S/C10H18N2/c1-12-10(7-8-11-12)9-5-3-2-4-6-9/h8-10H,2-7H2,1H3. The first kappa shape index (κ1) is 8.09. The van der Waals surface area contributed by atoms with E-state index in [1.54, 1.807) is 0 Å². The monoisotopic (exact) mass is 166 g/mol. The van der Waals surface area contributed by atoms with Gasteiger partial charge >= 0.3 is 0 Å². The van der Waals surface area contributed by atoms with Gasteiger partial charge in [0.1, 0.15) is 0 Å². The Hall–Kier alpha value is -0.530. The molecule has 1 aliphatic carbocycles. The first-order chi connectivity index (χ1) is 5.88. The highest BCUT2D eigenvalue weighted by atomic mass is 15.5. The second-order valence-corrected chi connectivity index (χ2v) is 4.07. The van der Waals surface area contributed by atoms with E-state index in [0.717, 1.165) is 12.0 Å². The summed E-state index contributed by atoms with van der Waals surface area (Å²) in [5.41, 5.74) is 0. The Bertz CT molecular complexity index is 171. The van der Waals surface area contributed by atoms with Gasteiger partial charge in [-0.3, -0.25) is 5.01 Å². The summed E-state index contributed by atoms with van der Waals surface area (Å²) in [6.07, 6.45) is 10.4. The fourth-order valence-corrected chi connectivity index (χ4v) is 2.54. The second-order valence-electron chi connectivity index (χ2n) is 4.07. The molecule has 0 N–H and O–H groups in total. The average Bonchev–Trinajstić information content (AvgIpc) is 2.53. The predicted molar refractivity (Wildman–Crippen MR) is 51.2 cm³/mol. The van der Waals surface area contributed by atoms with E-state index in [9.17, 15) is 0 Å². The van der Waals surface area contributed by atoms with Gasteiger partial charge < -0.3 is 0 Å². The number of hydrogen-bond acceptors (Lipinski definition) is 2. The van der Waals surface area contributed by atoms with Crippen LogP contribution >= 0.6 is 0 Å². The van der Waals surface area contributed by atoms with Crippen molar-refractivity contribution in [3.05, 3.63) is 0 Å². The highest BCUT2D eigenvalue weighted by molar-refractivity contribution is 5.59. The van der Waals surface area contributed by atoms with Crippen molar-refractivity contribution in [2.75, 3.05) is 7.05 Å². The van der Waals surface area contributed by atoms with Crippen LogP contribution in [0.1, 0.15) is 38.5 Å². The molecular formula is C10H18N2. The zero-order valence-electron chi connectivity index (χ0n) is 7.87. The minimum Gasteiger partial charge on any atom is -0.297 e. The number of nitrogens with zero attached hydrogens (tertiary/aromatic N) is 2. The third-order valence-corrected chi connectivity index (χ3v) is 3.28. The van der Waals surface area contributed by atoms with Gasteiger partial charge in [0, 0.05) is 19.7 Å². The molecule has 1 aliphatic heterocycles. The molecule has 12 heavy (non-hydrogen) atoms. The minimum absolute atomic E-state index is 0.727. The van der Waals surface area contributed by atoms with Crippen LogP contribution < -0.4 is 0 Å². The quantitative estimate of drug-likeness (QED) is 0.583. The van der Waals surface area contributed by atoms with Crippen LogP contribution in [-0.4, -0.2) is 24.3 Å². The molecule has 0 radical (unpaired) electrons. The van der Waals surface area contributed by atoms with Crippen molar-refractivity contribution >= 4 is 6.21 Å². The van der Waals surface area contributed by atoms with Crippen molar-refractivity contribution in [1.82, 2.24) is 5.01 Å². The van der Waals surface area contributed by atoms with Crippen LogP contribution in [0.3, 0.4) is 0 Å². The van der Waals surface area contributed by atoms with Gasteiger partial charge in [-0.15, -0.1) is 0 Å². The maximum absolute atomic E-state index is 4.30. The maximum atomic E-state index is 4.30. The Morgan fingerprint density at radius 2 is 2.00 bits per heavy atom. The van der Waals surface area contributed by atoms with Crippen LogP contribution in [0.2, 0.25) is 0 Å². The number of rotatable bonds is 1. The minimum atomic E-state index is 0.727. The van der Waals surface area contributed by atoms with Crippen LogP contribution in [0.15, 0.2) is 5.10 Å². The molecule has 1 unspecified atom stereocenters. The molecule has 1 fully saturated rings. The van der Waals surface area contributed by atoms with Gasteiger partial charge in [0.25, 0.3) is 0 Å². The Morgan fingerprint density at radius 3 is 2.58 bits per heavy atom. The van der Waals surface area contributed by atoms with Crippen molar-refractivity contribution in [1.29, 1.82) is 0 Å². The van der Waals surface area contributed by atoms with E-state index >= 15 is 0 Å². The Balaban J connectivity index is 1.90. The van der Waals surface area contributed by atoms with E-state index < -0.39 is 0 Å². The van der Waals surface area contributed by atoms with Crippen LogP contribution in [0.4, 0.5) is 0 Å². The van der Waals surface area contributed by atoms with Gasteiger partial charge in [0.05, 0.1) is 6.04 Å². The van der Waals surface area contributed by atoms with E-state index in [1.807, 2.05) is 0 Å². The van der Waals surface area contributed by atoms with Crippen LogP contribution in [0.25, 0.3) is 0 Å². The molecule has 1 saturated carbocycles. The normalized spacial score (nSPS) is 31.4. The molecule has 0 amide bonds. The van der Waals surface area contributed by atoms with Crippen molar-refractivity contribution in [3.8, 4) is 0 Å². The summed E-state index contributed by atoms with van der Waals surface area (Å²) in [4.78, 5) is 0. The topological polar surface area (TPSA) is 15.6 Å². The zero-order valence-corrected chi connectivity index (χ0v) is 7.87. The molecule has 2 nitrogen and oxygen atoms in total. The van der Waals surface area contributed by atoms with Gasteiger partial charge in [-0.2, -0.15) is 5.10 Å². The lowest BCUT2D eigenvalue weighted by Crippen LogP contribution is -2.32. The lowest BCUT2D eigenvalue weighted by atomic mass is 9.83. The Labute approximate surface area is 74.6 Å². The highest BCUT2D eigenvalue weighted by Gasteiger charge is 2.27. The van der Waals surface area contributed by atoms with Crippen molar-refractivity contribution in [2.24, 2.45) is 11.0 Å². The SMILES string of the molecule is CN1N=CCC1C1CCCCC1. The lowest BCUT2D eigenvalue weighted by molar-refractivity contribution is 0.170. The van der Waals surface area contributed by atoms with E-state index in [-0.39, 0.29) is 0 Å². The molecule has 0 aromatic rings. The second kappa shape index (κ2) is 3.46. The molecule has 0 bridgehead atoms. The molecular weight excluding hydrogens is 148 g/mol. The van der Waals surface area contributed by atoms with E-state index in [2.05, 4.69) is 23.4 Å². The summed E-state index contributed by atoms with van der Waals surface area (Å²) >= 11 is 0. The highest BCUT2D eigenvalue weighted by Crippen LogP contribution is 2.31. The Morgan fingerprint density at radius 1 is 1.25 bits per heavy atom. The van der Waals surface area contributed by atoms with Gasteiger partial charge in [-0.05, 0) is 18.8 Å². The molecule has 68 valence electrons. The predicted octanol–water partition coefficient (Wildman–Crippen LogP) is 2.26. The van der Waals surface area contributed by atoms with Crippen LogP contribution in [0.5, 0.6) is 0 Å². The zero-order chi connectivity index (χ0) is 8.39. The van der Waals surface area contributed by atoms with Crippen LogP contribution in [-0.2, 0) is 0 Å². The molecule has 1 heterocycles. The molecule has 2 heteroatoms. The summed E-state index contributed by atoms with van der Waals surface area (Å²) in [6.45, 7) is 0. The summed E-state index contributed by atoms with van der Waals surface area (Å²) in [6, 6.07) is 0.727. The van der Waals surface area contributed by atoms with Gasteiger partial charge in [-0.1, -0.05) is 19.3 Å². The first-order valence-electron chi connectivity index (χ1n) is 5.13. The van der Waals surface area contributed by atoms with E-state index in [0.29, 0.717) is 0 Å². The number of hydrogen-bond donors (Lipinski definition) is 0. The van der Waals surface area contributed by atoms with E-state index in [4.69, 9.17) is 0 Å². The molecule has 1 atom stereocenters. The largest absolute Gasteiger partial charge is 0.297 e. The average molecular weight is 166 g/mol. The summed E-state index contributed by atoms with van der Waals surface area (Å²) in [5, 5.41) is 6.46. The third-order valence-electron chi connectivity index (χ3n) is 3.28. The first-order valence-corrected chi connectivity index (χ1v) is 5.13. The fraction of sp³-hybridized carbons (Fsp3) is 0.900. The molecule has 2 aliphatic rings. The van der Waals surface area contributed by atoms with Gasteiger partial charge in [0.2, 0.25) is 0 Å². The fourth-order valence-electron chi connectivity index (χ4n) is 2.54. The molecule has 0 saturated heterocycles. The van der Waals surface area contributed by atoms with E-state index in [1.165, 1.54) is 38.5 Å². The molecule has 2 rings (SSSR count). The molecule has 0 spiro atoms. The van der Waals surface area contributed by atoms with Gasteiger partial charge in [-0.25, -0.2) is 0 Å². The van der Waals surface area contributed by atoms with Crippen LogP contribution in [0, 0.1) is 5.92 Å². The van der Waals surface area contributed by atoms with Crippen molar-refractivity contribution in [3.63, 3.8) is 0 Å². The lowest BCUT2D eigenvalue weighted by Gasteiger charge is -2.31. The third kappa shape index (κ3) is 1.47. The summed E-state index contributed by atoms with van der Waals surface area (Å²) < 4.78 is 0. The van der Waals surface area contributed by atoms with Crippen molar-refractivity contribution in [2.45, 2.75) is 44.6 Å². The Kier molecular flexibility index (Phi) is 2.33. The smallest absolute Gasteiger partial charge is 0.0545 e. The number of hydrazone groups is 1. The van der Waals surface area contributed by atoms with Gasteiger partial charge in [0.15, 0.2) is 0 Å². The molecule has 0 aromatic heterocycles. The maximum Gasteiger partial charge on any atom is 0.0545 e. The molecule has 0 aromatic carbocycles. The summed E-state index contributed by atoms with van der Waals surface area (Å²) in [7, 11) is 2.11. The van der Waals surface area contributed by atoms with Crippen molar-refractivity contribution < 1.29 is 0 Å².